The molecule has 0 spiro atoms. The van der Waals surface area contributed by atoms with Crippen LogP contribution in [0.4, 0.5) is 0 Å². The summed E-state index contributed by atoms with van der Waals surface area (Å²) in [6, 6.07) is 2.52. The van der Waals surface area contributed by atoms with Crippen LogP contribution in [0, 0.1) is 6.92 Å². The Bertz CT molecular complexity index is 891. The summed E-state index contributed by atoms with van der Waals surface area (Å²) in [5, 5.41) is 0. The third-order valence-electron chi connectivity index (χ3n) is 5.57. The Balaban J connectivity index is 1.54. The molecule has 2 saturated heterocycles. The molecule has 0 bridgehead atoms. The van der Waals surface area contributed by atoms with Crippen LogP contribution in [0.1, 0.15) is 43.2 Å². The Morgan fingerprint density at radius 1 is 1.15 bits per heavy atom. The van der Waals surface area contributed by atoms with Gasteiger partial charge in [0.1, 0.15) is 11.5 Å². The summed E-state index contributed by atoms with van der Waals surface area (Å²) in [5.41, 5.74) is 1.76. The van der Waals surface area contributed by atoms with Gasteiger partial charge in [0.05, 0.1) is 12.3 Å². The maximum Gasteiger partial charge on any atom is 0.211 e. The second kappa shape index (κ2) is 7.29. The summed E-state index contributed by atoms with van der Waals surface area (Å²) in [6.07, 6.45) is 8.69. The fourth-order valence-corrected chi connectivity index (χ4v) is 5.15. The first-order valence-electron chi connectivity index (χ1n) is 9.48. The number of hydrogen-bond donors (Lipinski definition) is 1. The van der Waals surface area contributed by atoms with E-state index in [1.807, 2.05) is 13.0 Å². The van der Waals surface area contributed by atoms with Crippen LogP contribution < -0.4 is 0 Å². The number of nitrogens with one attached hydrogen (secondary N) is 1. The van der Waals surface area contributed by atoms with Crippen LogP contribution in [0.2, 0.25) is 0 Å². The van der Waals surface area contributed by atoms with E-state index in [1.165, 1.54) is 6.26 Å². The predicted octanol–water partition coefficient (Wildman–Crippen LogP) is 1.74. The van der Waals surface area contributed by atoms with Gasteiger partial charge in [0.2, 0.25) is 10.0 Å². The lowest BCUT2D eigenvalue weighted by atomic mass is 10.0. The van der Waals surface area contributed by atoms with Crippen molar-refractivity contribution in [1.82, 2.24) is 29.1 Å². The zero-order valence-electron chi connectivity index (χ0n) is 15.8. The van der Waals surface area contributed by atoms with Crippen molar-refractivity contribution in [3.05, 3.63) is 30.0 Å². The highest BCUT2D eigenvalue weighted by Crippen LogP contribution is 2.35. The molecule has 0 aromatic carbocycles. The number of piperidine rings is 1. The van der Waals surface area contributed by atoms with Crippen molar-refractivity contribution in [2.75, 3.05) is 25.9 Å². The zero-order chi connectivity index (χ0) is 19.0. The molecule has 1 unspecified atom stereocenters. The van der Waals surface area contributed by atoms with Crippen LogP contribution >= 0.6 is 0 Å². The molecule has 0 aliphatic carbocycles. The summed E-state index contributed by atoms with van der Waals surface area (Å²) in [6.45, 7) is 4.20. The molecule has 2 aliphatic rings. The quantitative estimate of drug-likeness (QED) is 0.854. The van der Waals surface area contributed by atoms with Crippen molar-refractivity contribution in [2.45, 2.75) is 44.7 Å². The third kappa shape index (κ3) is 3.90. The molecule has 1 atom stereocenters. The standard InChI is InChI=1S/C18H26N6O2S/c1-13-12-15(17-19-7-8-20-17)22-18(21-13)16-4-3-9-24(16)14-5-10-23(11-6-14)27(2,25)26/h7-8,12,14,16H,3-6,9-11H2,1-2H3,(H,19,20). The first kappa shape index (κ1) is 18.5. The molecule has 146 valence electrons. The van der Waals surface area contributed by atoms with Crippen LogP contribution in [0.5, 0.6) is 0 Å². The summed E-state index contributed by atoms with van der Waals surface area (Å²) >= 11 is 0. The van der Waals surface area contributed by atoms with Crippen LogP contribution in [-0.2, 0) is 10.0 Å². The molecule has 8 nitrogen and oxygen atoms in total. The number of rotatable bonds is 4. The van der Waals surface area contributed by atoms with Gasteiger partial charge in [-0.2, -0.15) is 0 Å². The highest BCUT2D eigenvalue weighted by atomic mass is 32.2. The zero-order valence-corrected chi connectivity index (χ0v) is 16.6. The number of nitrogens with zero attached hydrogens (tertiary/aromatic N) is 5. The predicted molar refractivity (Wildman–Crippen MR) is 102 cm³/mol. The topological polar surface area (TPSA) is 95.1 Å². The van der Waals surface area contributed by atoms with Gasteiger partial charge in [0.25, 0.3) is 0 Å². The van der Waals surface area contributed by atoms with E-state index in [4.69, 9.17) is 9.97 Å². The SMILES string of the molecule is Cc1cc(-c2ncc[nH]2)nc(C2CCCN2C2CCN(S(C)(=O)=O)CC2)n1. The Kier molecular flexibility index (Phi) is 5.00. The number of aryl methyl sites for hydroxylation is 1. The minimum atomic E-state index is -3.10. The second-order valence-electron chi connectivity index (χ2n) is 7.48. The Labute approximate surface area is 160 Å². The van der Waals surface area contributed by atoms with Gasteiger partial charge in [0.15, 0.2) is 5.82 Å². The summed E-state index contributed by atoms with van der Waals surface area (Å²) in [5.74, 6) is 1.61. The largest absolute Gasteiger partial charge is 0.343 e. The molecule has 0 saturated carbocycles. The smallest absolute Gasteiger partial charge is 0.211 e. The number of aromatic amines is 1. The first-order valence-corrected chi connectivity index (χ1v) is 11.3. The van der Waals surface area contributed by atoms with Gasteiger partial charge in [-0.05, 0) is 45.2 Å². The van der Waals surface area contributed by atoms with Crippen molar-refractivity contribution >= 4 is 10.0 Å². The molecular formula is C18H26N6O2S. The molecule has 2 fully saturated rings. The Hall–Kier alpha value is -1.84. The fraction of sp³-hybridized carbons (Fsp3) is 0.611. The molecule has 27 heavy (non-hydrogen) atoms. The lowest BCUT2D eigenvalue weighted by Gasteiger charge is -2.38. The molecule has 2 aromatic rings. The van der Waals surface area contributed by atoms with Crippen molar-refractivity contribution in [3.63, 3.8) is 0 Å². The minimum absolute atomic E-state index is 0.188. The van der Waals surface area contributed by atoms with Crippen molar-refractivity contribution in [3.8, 4) is 11.5 Å². The van der Waals surface area contributed by atoms with E-state index in [0.717, 1.165) is 55.3 Å². The van der Waals surface area contributed by atoms with E-state index >= 15 is 0 Å². The van der Waals surface area contributed by atoms with Crippen molar-refractivity contribution < 1.29 is 8.42 Å². The van der Waals surface area contributed by atoms with Gasteiger partial charge < -0.3 is 4.98 Å². The normalized spacial score (nSPS) is 23.1. The fourth-order valence-electron chi connectivity index (χ4n) is 4.28. The highest BCUT2D eigenvalue weighted by Gasteiger charge is 2.36. The van der Waals surface area contributed by atoms with Gasteiger partial charge in [-0.3, -0.25) is 4.90 Å². The molecule has 0 radical (unpaired) electrons. The lowest BCUT2D eigenvalue weighted by molar-refractivity contribution is 0.123. The second-order valence-corrected chi connectivity index (χ2v) is 9.46. The van der Waals surface area contributed by atoms with Crippen LogP contribution in [0.15, 0.2) is 18.5 Å². The maximum absolute atomic E-state index is 11.8. The van der Waals surface area contributed by atoms with Gasteiger partial charge >= 0.3 is 0 Å². The lowest BCUT2D eigenvalue weighted by Crippen LogP contribution is -2.46. The maximum atomic E-state index is 11.8. The van der Waals surface area contributed by atoms with Crippen molar-refractivity contribution in [1.29, 1.82) is 0 Å². The van der Waals surface area contributed by atoms with E-state index in [9.17, 15) is 8.42 Å². The molecule has 1 N–H and O–H groups in total. The number of sulfonamides is 1. The van der Waals surface area contributed by atoms with Crippen LogP contribution in [0.3, 0.4) is 0 Å². The van der Waals surface area contributed by atoms with Crippen LogP contribution in [-0.4, -0.2) is 69.5 Å². The van der Waals surface area contributed by atoms with E-state index < -0.39 is 10.0 Å². The van der Waals surface area contributed by atoms with E-state index in [2.05, 4.69) is 14.9 Å². The monoisotopic (exact) mass is 390 g/mol. The molecule has 4 rings (SSSR count). The average Bonchev–Trinajstić information content (AvgIpc) is 3.32. The molecule has 9 heteroatoms. The van der Waals surface area contributed by atoms with Crippen LogP contribution in [0.25, 0.3) is 11.5 Å². The molecule has 2 aliphatic heterocycles. The number of imidazole rings is 1. The number of hydrogen-bond acceptors (Lipinski definition) is 6. The molecular weight excluding hydrogens is 364 g/mol. The van der Waals surface area contributed by atoms with Gasteiger partial charge in [-0.25, -0.2) is 27.7 Å². The first-order chi connectivity index (χ1) is 12.9. The summed E-state index contributed by atoms with van der Waals surface area (Å²) in [4.78, 5) is 19.4. The van der Waals surface area contributed by atoms with E-state index in [1.54, 1.807) is 16.7 Å². The van der Waals surface area contributed by atoms with E-state index in [0.29, 0.717) is 19.1 Å². The average molecular weight is 391 g/mol. The molecule has 4 heterocycles. The van der Waals surface area contributed by atoms with Gasteiger partial charge in [-0.15, -0.1) is 0 Å². The number of likely N-dealkylation sites (tertiary alicyclic amines) is 1. The van der Waals surface area contributed by atoms with Gasteiger partial charge in [-0.1, -0.05) is 0 Å². The Morgan fingerprint density at radius 2 is 1.93 bits per heavy atom. The minimum Gasteiger partial charge on any atom is -0.343 e. The molecule has 2 aromatic heterocycles. The number of aromatic nitrogens is 4. The number of H-pyrrole nitrogens is 1. The highest BCUT2D eigenvalue weighted by molar-refractivity contribution is 7.88. The summed E-state index contributed by atoms with van der Waals surface area (Å²) in [7, 11) is -3.10. The van der Waals surface area contributed by atoms with Gasteiger partial charge in [0, 0.05) is 37.2 Å². The van der Waals surface area contributed by atoms with E-state index in [-0.39, 0.29) is 6.04 Å². The van der Waals surface area contributed by atoms with Crippen molar-refractivity contribution in [2.24, 2.45) is 0 Å². The summed E-state index contributed by atoms with van der Waals surface area (Å²) < 4.78 is 25.1. The molecule has 0 amide bonds. The Morgan fingerprint density at radius 3 is 2.59 bits per heavy atom. The third-order valence-corrected chi connectivity index (χ3v) is 6.87.